The van der Waals surface area contributed by atoms with Crippen LogP contribution in [0.2, 0.25) is 0 Å². The van der Waals surface area contributed by atoms with Gasteiger partial charge in [-0.25, -0.2) is 12.2 Å². The van der Waals surface area contributed by atoms with Gasteiger partial charge in [0.15, 0.2) is 0 Å². The quantitative estimate of drug-likeness (QED) is 0.603. The van der Waals surface area contributed by atoms with E-state index >= 15 is 0 Å². The second kappa shape index (κ2) is 22.9. The normalized spacial score (nSPS) is 10.0. The van der Waals surface area contributed by atoms with Gasteiger partial charge in [-0.3, -0.25) is 6.08 Å². The fraction of sp³-hybridized carbons (Fsp3) is 0.333. The molecule has 0 amide bonds. The molecule has 0 N–H and O–H groups in total. The molecule has 10 heavy (non-hydrogen) atoms. The third kappa shape index (κ3) is 15.7. The Hall–Kier alpha value is 0.168. The number of hydrogen-bond acceptors (Lipinski definition) is 0. The summed E-state index contributed by atoms with van der Waals surface area (Å²) < 4.78 is 0. The van der Waals surface area contributed by atoms with Crippen molar-refractivity contribution in [3.8, 4) is 0 Å². The number of allylic oxidation sites excluding steroid dienone is 4. The van der Waals surface area contributed by atoms with Gasteiger partial charge in [0.1, 0.15) is 0 Å². The molecule has 0 aromatic carbocycles. The summed E-state index contributed by atoms with van der Waals surface area (Å²) in [5.74, 6) is 0. The Balaban J connectivity index is -0.0000000875. The number of rotatable bonds is 0. The molecule has 1 aliphatic carbocycles. The monoisotopic (exact) mass is 309 g/mol. The Kier molecular flexibility index (Phi) is 38.1. The van der Waals surface area contributed by atoms with E-state index in [4.69, 9.17) is 0 Å². The second-order valence-corrected chi connectivity index (χ2v) is 1.00. The maximum absolute atomic E-state index is 3.25. The molecule has 0 saturated carbocycles. The van der Waals surface area contributed by atoms with Gasteiger partial charge in [0, 0.05) is 0 Å². The Morgan fingerprint density at radius 2 is 1.70 bits per heavy atom. The van der Waals surface area contributed by atoms with Gasteiger partial charge in [-0.05, 0) is 0 Å². The Bertz CT molecular complexity index is 62.8. The zero-order valence-corrected chi connectivity index (χ0v) is 10.4. The third-order valence-electron chi connectivity index (χ3n) is 0.586. The molecule has 0 heterocycles. The van der Waals surface area contributed by atoms with Crippen LogP contribution < -0.4 is 0 Å². The van der Waals surface area contributed by atoms with E-state index in [1.807, 2.05) is 12.2 Å². The van der Waals surface area contributed by atoms with Gasteiger partial charge in [-0.15, -0.1) is 6.42 Å². The molecule has 0 aromatic heterocycles. The van der Waals surface area contributed by atoms with Crippen LogP contribution in [-0.4, -0.2) is 0 Å². The van der Waals surface area contributed by atoms with E-state index in [1.54, 1.807) is 13.8 Å². The van der Waals surface area contributed by atoms with E-state index in [0.717, 1.165) is 6.42 Å². The van der Waals surface area contributed by atoms with Crippen LogP contribution in [0.5, 0.6) is 0 Å². The van der Waals surface area contributed by atoms with Crippen molar-refractivity contribution in [3.05, 3.63) is 38.2 Å². The van der Waals surface area contributed by atoms with Crippen LogP contribution in [0.4, 0.5) is 0 Å². The van der Waals surface area contributed by atoms with Gasteiger partial charge in [-0.1, -0.05) is 0 Å². The molecule has 0 aliphatic heterocycles. The molecule has 0 bridgehead atoms. The number of hydrogen-bond donors (Lipinski definition) is 0. The third-order valence-corrected chi connectivity index (χ3v) is 0.586. The van der Waals surface area contributed by atoms with E-state index in [9.17, 15) is 0 Å². The van der Waals surface area contributed by atoms with E-state index < -0.39 is 0 Å². The second-order valence-electron chi connectivity index (χ2n) is 1.00. The molecular weight excluding hydrogens is 292 g/mol. The molecular formula is C9H17W-3. The summed E-state index contributed by atoms with van der Waals surface area (Å²) in [6.07, 6.45) is 10.0. The minimum absolute atomic E-state index is 0. The van der Waals surface area contributed by atoms with Crippen molar-refractivity contribution in [1.29, 1.82) is 0 Å². The van der Waals surface area contributed by atoms with E-state index in [2.05, 4.69) is 26.0 Å². The van der Waals surface area contributed by atoms with Crippen LogP contribution in [0.3, 0.4) is 0 Å². The summed E-state index contributed by atoms with van der Waals surface area (Å²) >= 11 is 0. The van der Waals surface area contributed by atoms with Crippen molar-refractivity contribution in [2.75, 3.05) is 0 Å². The Morgan fingerprint density at radius 3 is 1.80 bits per heavy atom. The van der Waals surface area contributed by atoms with Crippen molar-refractivity contribution in [1.82, 2.24) is 0 Å². The molecule has 1 rings (SSSR count). The molecule has 0 fully saturated rings. The first-order valence-corrected chi connectivity index (χ1v) is 3.13. The average molecular weight is 309 g/mol. The van der Waals surface area contributed by atoms with Gasteiger partial charge in [0.2, 0.25) is 0 Å². The first kappa shape index (κ1) is 16.6. The molecule has 0 saturated heterocycles. The zero-order valence-electron chi connectivity index (χ0n) is 6.85. The predicted octanol–water partition coefficient (Wildman–Crippen LogP) is 2.45. The van der Waals surface area contributed by atoms with E-state index in [1.165, 1.54) is 0 Å². The molecule has 1 aliphatic rings. The molecule has 0 radical (unpaired) electrons. The van der Waals surface area contributed by atoms with E-state index in [0.29, 0.717) is 0 Å². The van der Waals surface area contributed by atoms with Crippen molar-refractivity contribution >= 4 is 0 Å². The minimum atomic E-state index is 0. The summed E-state index contributed by atoms with van der Waals surface area (Å²) in [6, 6.07) is 0. The molecule has 0 atom stereocenters. The van der Waals surface area contributed by atoms with Gasteiger partial charge in [-0.2, -0.15) is 19.9 Å². The van der Waals surface area contributed by atoms with Crippen molar-refractivity contribution < 1.29 is 21.1 Å². The summed E-state index contributed by atoms with van der Waals surface area (Å²) in [5, 5.41) is 0. The molecule has 0 spiro atoms. The standard InChI is InChI=1S/C5H5.2C2H5.W.2H/c1-2-4-5-3-1;2*1-2;;;/h1-3H,4H2;2*1H2,2H3;;;/q3*-1;;;. The predicted molar refractivity (Wildman–Crippen MR) is 46.4 cm³/mol. The van der Waals surface area contributed by atoms with Crippen molar-refractivity contribution in [3.63, 3.8) is 0 Å². The first-order chi connectivity index (χ1) is 4.50. The summed E-state index contributed by atoms with van der Waals surface area (Å²) in [6.45, 7) is 10.0. The molecule has 1 heteroatoms. The van der Waals surface area contributed by atoms with Gasteiger partial charge in [0.25, 0.3) is 0 Å². The molecule has 0 unspecified atom stereocenters. The van der Waals surface area contributed by atoms with Crippen LogP contribution in [-0.2, 0) is 21.1 Å². The Labute approximate surface area is 79.7 Å². The van der Waals surface area contributed by atoms with Crippen molar-refractivity contribution in [2.24, 2.45) is 0 Å². The fourth-order valence-electron chi connectivity index (χ4n) is 0.340. The first-order valence-electron chi connectivity index (χ1n) is 3.13. The maximum atomic E-state index is 3.25. The van der Waals surface area contributed by atoms with Gasteiger partial charge < -0.3 is 13.8 Å². The van der Waals surface area contributed by atoms with Crippen LogP contribution in [0.15, 0.2) is 18.2 Å². The summed E-state index contributed by atoms with van der Waals surface area (Å²) in [5.41, 5.74) is 0. The average Bonchev–Trinajstić information content (AvgIpc) is 2.51. The van der Waals surface area contributed by atoms with Crippen LogP contribution in [0.1, 0.15) is 20.3 Å². The SMILES string of the molecule is [C-]1=CC=CC1.[CH2-]C.[CH2-]C.[WH2]. The van der Waals surface area contributed by atoms with Gasteiger partial charge >= 0.3 is 21.1 Å². The molecule has 0 aromatic rings. The van der Waals surface area contributed by atoms with Crippen LogP contribution >= 0.6 is 0 Å². The van der Waals surface area contributed by atoms with Crippen LogP contribution in [0.25, 0.3) is 0 Å². The molecule has 62 valence electrons. The topological polar surface area (TPSA) is 0 Å². The van der Waals surface area contributed by atoms with Gasteiger partial charge in [0.05, 0.1) is 0 Å². The summed E-state index contributed by atoms with van der Waals surface area (Å²) in [4.78, 5) is 0. The fourth-order valence-corrected chi connectivity index (χ4v) is 0.340. The van der Waals surface area contributed by atoms with Crippen LogP contribution in [0, 0.1) is 19.9 Å². The Morgan fingerprint density at radius 1 is 1.20 bits per heavy atom. The van der Waals surface area contributed by atoms with E-state index in [-0.39, 0.29) is 21.1 Å². The van der Waals surface area contributed by atoms with Crippen molar-refractivity contribution in [2.45, 2.75) is 20.3 Å². The molecule has 0 nitrogen and oxygen atoms in total. The zero-order chi connectivity index (χ0) is 7.54. The summed E-state index contributed by atoms with van der Waals surface area (Å²) in [7, 11) is 0.